The number of aryl methyl sites for hydroxylation is 1. The van der Waals surface area contributed by atoms with E-state index in [0.717, 1.165) is 49.4 Å². The van der Waals surface area contributed by atoms with E-state index in [0.29, 0.717) is 37.2 Å². The van der Waals surface area contributed by atoms with E-state index >= 15 is 0 Å². The van der Waals surface area contributed by atoms with E-state index in [9.17, 15) is 18.6 Å². The number of allylic oxidation sites excluding steroid dienone is 1. The van der Waals surface area contributed by atoms with Gasteiger partial charge in [-0.3, -0.25) is 9.52 Å². The summed E-state index contributed by atoms with van der Waals surface area (Å²) in [6, 6.07) is 10.4. The Morgan fingerprint density at radius 2 is 1.94 bits per heavy atom. The van der Waals surface area contributed by atoms with E-state index < -0.39 is 27.9 Å². The molecule has 1 unspecified atom stereocenters. The zero-order valence-electron chi connectivity index (χ0n) is 30.0. The van der Waals surface area contributed by atoms with Crippen LogP contribution in [0.15, 0.2) is 52.9 Å². The molecule has 4 amide bonds. The second-order valence-electron chi connectivity index (χ2n) is 15.1. The molecule has 0 aromatic heterocycles. The van der Waals surface area contributed by atoms with Gasteiger partial charge in [0.05, 0.1) is 37.3 Å². The Morgan fingerprint density at radius 1 is 1.12 bits per heavy atom. The molecule has 3 heterocycles. The quantitative estimate of drug-likeness (QED) is 0.380. The molecule has 2 aromatic carbocycles. The molecule has 1 saturated carbocycles. The van der Waals surface area contributed by atoms with Gasteiger partial charge in [0.15, 0.2) is 0 Å². The first-order chi connectivity index (χ1) is 25.0. The van der Waals surface area contributed by atoms with Gasteiger partial charge < -0.3 is 29.3 Å². The van der Waals surface area contributed by atoms with Gasteiger partial charge in [0.25, 0.3) is 5.91 Å². The number of nitrogens with one attached hydrogen (secondary N) is 2. The highest BCUT2D eigenvalue weighted by atomic mass is 35.5. The second-order valence-corrected chi connectivity index (χ2v) is 17.5. The Balaban J connectivity index is 1.23. The fourth-order valence-corrected chi connectivity index (χ4v) is 10.6. The molecular weight excluding hydrogens is 706 g/mol. The van der Waals surface area contributed by atoms with Crippen molar-refractivity contribution in [2.75, 3.05) is 57.7 Å². The largest absolute Gasteiger partial charge is 0.490 e. The fraction of sp³-hybridized carbons (Fsp3) is 0.553. The van der Waals surface area contributed by atoms with E-state index in [4.69, 9.17) is 25.8 Å². The minimum atomic E-state index is -3.57. The molecule has 52 heavy (non-hydrogen) atoms. The number of carbonyl (C=O) groups is 3. The van der Waals surface area contributed by atoms with E-state index in [1.54, 1.807) is 19.2 Å². The van der Waals surface area contributed by atoms with Crippen LogP contribution in [0.1, 0.15) is 60.5 Å². The zero-order chi connectivity index (χ0) is 36.6. The van der Waals surface area contributed by atoms with E-state index in [1.165, 1.54) is 23.1 Å². The molecule has 14 heteroatoms. The molecule has 3 aliphatic heterocycles. The number of ether oxygens (including phenoxy) is 3. The third-order valence-electron chi connectivity index (χ3n) is 11.4. The zero-order valence-corrected chi connectivity index (χ0v) is 31.5. The molecule has 5 aliphatic rings. The molecule has 12 nitrogen and oxygen atoms in total. The number of hydrogen-bond acceptors (Lipinski definition) is 8. The Kier molecular flexibility index (Phi) is 10.5. The topological polar surface area (TPSA) is 139 Å². The summed E-state index contributed by atoms with van der Waals surface area (Å²) in [6.07, 6.45) is 9.22. The van der Waals surface area contributed by atoms with Crippen LogP contribution in [0, 0.1) is 17.8 Å². The van der Waals surface area contributed by atoms with Gasteiger partial charge in [-0.15, -0.1) is 4.36 Å². The second kappa shape index (κ2) is 14.9. The summed E-state index contributed by atoms with van der Waals surface area (Å²) < 4.78 is 38.6. The molecule has 7 rings (SSSR count). The predicted molar refractivity (Wildman–Crippen MR) is 199 cm³/mol. The highest BCUT2D eigenvalue weighted by Gasteiger charge is 2.44. The molecule has 2 aliphatic carbocycles. The molecule has 2 N–H and O–H groups in total. The molecule has 0 radical (unpaired) electrons. The van der Waals surface area contributed by atoms with Gasteiger partial charge in [-0.25, -0.2) is 13.8 Å². The molecule has 2 fully saturated rings. The first-order valence-electron chi connectivity index (χ1n) is 18.2. The maximum absolute atomic E-state index is 14.4. The van der Waals surface area contributed by atoms with Crippen LogP contribution < -0.4 is 19.7 Å². The third kappa shape index (κ3) is 7.49. The van der Waals surface area contributed by atoms with Crippen LogP contribution in [-0.4, -0.2) is 92.0 Å². The first-order valence-corrected chi connectivity index (χ1v) is 20.2. The minimum absolute atomic E-state index is 0.0364. The molecule has 2 bridgehead atoms. The highest BCUT2D eigenvalue weighted by Crippen LogP contribution is 2.47. The van der Waals surface area contributed by atoms with Crippen molar-refractivity contribution >= 4 is 45.2 Å². The normalized spacial score (nSPS) is 31.0. The predicted octanol–water partition coefficient (Wildman–Crippen LogP) is 5.72. The SMILES string of the molecule is COC(=O)N1CC(NC(=O)NS2(=O)=NC(=O)c3ccc4c(c3)N(C[C@@H]3CC[C@H]3[C@@H](OC)/C=C/C[C@H](C)C2)C[C@@]2(CCCc3cc(Cl)ccc32)CO4)C1. The van der Waals surface area contributed by atoms with Gasteiger partial charge >= 0.3 is 12.1 Å². The van der Waals surface area contributed by atoms with Crippen LogP contribution >= 0.6 is 11.6 Å². The number of amides is 4. The average molecular weight is 754 g/mol. The monoisotopic (exact) mass is 753 g/mol. The molecule has 6 atom stereocenters. The maximum Gasteiger partial charge on any atom is 0.409 e. The Morgan fingerprint density at radius 3 is 2.69 bits per heavy atom. The Hall–Kier alpha value is -3.81. The van der Waals surface area contributed by atoms with Crippen molar-refractivity contribution < 1.29 is 32.8 Å². The van der Waals surface area contributed by atoms with Gasteiger partial charge in [0.2, 0.25) is 0 Å². The summed E-state index contributed by atoms with van der Waals surface area (Å²) in [7, 11) is -0.526. The third-order valence-corrected chi connectivity index (χ3v) is 13.6. The lowest BCUT2D eigenvalue weighted by molar-refractivity contribution is 0.0131. The summed E-state index contributed by atoms with van der Waals surface area (Å²) >= 11 is 6.45. The van der Waals surface area contributed by atoms with Crippen LogP contribution in [0.5, 0.6) is 5.75 Å². The van der Waals surface area contributed by atoms with Crippen molar-refractivity contribution in [1.82, 2.24) is 14.9 Å². The van der Waals surface area contributed by atoms with Crippen LogP contribution in [0.2, 0.25) is 5.02 Å². The number of rotatable bonds is 3. The number of nitrogens with zero attached hydrogens (tertiary/aromatic N) is 3. The molecule has 2 aromatic rings. The van der Waals surface area contributed by atoms with Crippen LogP contribution in [0.25, 0.3) is 0 Å². The van der Waals surface area contributed by atoms with Crippen molar-refractivity contribution in [2.45, 2.75) is 63.0 Å². The van der Waals surface area contributed by atoms with Gasteiger partial charge in [-0.1, -0.05) is 36.7 Å². The van der Waals surface area contributed by atoms with E-state index in [1.807, 2.05) is 19.1 Å². The van der Waals surface area contributed by atoms with Crippen molar-refractivity contribution in [3.63, 3.8) is 0 Å². The Bertz CT molecular complexity index is 1880. The smallest absolute Gasteiger partial charge is 0.409 e. The lowest BCUT2D eigenvalue weighted by Gasteiger charge is -2.46. The number of anilines is 1. The Labute approximate surface area is 310 Å². The van der Waals surface area contributed by atoms with Crippen molar-refractivity contribution in [3.05, 3.63) is 70.3 Å². The standard InChI is InChI=1S/C38H48ClN5O7S/c1-24-6-4-8-33(49-2)30-12-9-27(30)18-44-22-38(15-5-7-25-16-28(39)11-13-31(25)38)23-51-34-14-10-26(17-32(34)44)35(45)41-52(48,21-24)42-36(46)40-29-19-43(20-29)37(47)50-3/h4,8,10-11,13-14,16-17,24,27,29-30,33H,5-7,9,12,15,18-23H2,1-3H3,(H2,40,41,42,45,46,48)/b8-4+/t24-,27-,30+,33-,38-,52?/m0/s1. The summed E-state index contributed by atoms with van der Waals surface area (Å²) in [5.41, 5.74) is 3.30. The van der Waals surface area contributed by atoms with Crippen LogP contribution in [0.3, 0.4) is 0 Å². The van der Waals surface area contributed by atoms with Gasteiger partial charge in [0.1, 0.15) is 15.7 Å². The van der Waals surface area contributed by atoms with Crippen molar-refractivity contribution in [2.24, 2.45) is 22.1 Å². The number of carbonyl (C=O) groups excluding carboxylic acids is 3. The fourth-order valence-electron chi connectivity index (χ4n) is 8.58. The van der Waals surface area contributed by atoms with Gasteiger partial charge in [0, 0.05) is 49.3 Å². The van der Waals surface area contributed by atoms with Crippen molar-refractivity contribution in [1.29, 1.82) is 0 Å². The van der Waals surface area contributed by atoms with Gasteiger partial charge in [-0.2, -0.15) is 0 Å². The number of benzene rings is 2. The number of likely N-dealkylation sites (tertiary alicyclic amines) is 1. The molecule has 1 spiro atoms. The molecule has 1 saturated heterocycles. The highest BCUT2D eigenvalue weighted by molar-refractivity contribution is 7.92. The number of halogens is 1. The summed E-state index contributed by atoms with van der Waals surface area (Å²) in [5, 5.41) is 3.47. The first kappa shape index (κ1) is 36.5. The minimum Gasteiger partial charge on any atom is -0.490 e. The number of methoxy groups -OCH3 is 2. The number of fused-ring (bicyclic) bond motifs is 4. The van der Waals surface area contributed by atoms with Crippen molar-refractivity contribution in [3.8, 4) is 5.75 Å². The van der Waals surface area contributed by atoms with Gasteiger partial charge in [-0.05, 0) is 97.7 Å². The molecular formula is C38H48ClN5O7S. The average Bonchev–Trinajstić information content (AvgIpc) is 3.23. The summed E-state index contributed by atoms with van der Waals surface area (Å²) in [4.78, 5) is 42.6. The van der Waals surface area contributed by atoms with E-state index in [-0.39, 0.29) is 47.9 Å². The molecule has 280 valence electrons. The summed E-state index contributed by atoms with van der Waals surface area (Å²) in [6.45, 7) is 4.39. The lowest BCUT2D eigenvalue weighted by atomic mass is 9.68. The summed E-state index contributed by atoms with van der Waals surface area (Å²) in [5.74, 6) is 0.482. The lowest BCUT2D eigenvalue weighted by Crippen LogP contribution is -2.62. The number of hydrogen-bond donors (Lipinski definition) is 2. The van der Waals surface area contributed by atoms with E-state index in [2.05, 4.69) is 43.6 Å². The van der Waals surface area contributed by atoms with Crippen LogP contribution in [-0.2, 0) is 31.2 Å². The number of urea groups is 1. The maximum atomic E-state index is 14.4. The van der Waals surface area contributed by atoms with Crippen LogP contribution in [0.4, 0.5) is 15.3 Å².